The first-order valence-electron chi connectivity index (χ1n) is 11.7. The van der Waals surface area contributed by atoms with Gasteiger partial charge < -0.3 is 19.9 Å². The number of aryl methyl sites for hydroxylation is 1. The number of anilines is 2. The van der Waals surface area contributed by atoms with Gasteiger partial charge in [0, 0.05) is 48.0 Å². The minimum Gasteiger partial charge on any atom is -0.453 e. The monoisotopic (exact) mass is 491 g/mol. The lowest BCUT2D eigenvalue weighted by molar-refractivity contribution is -0.137. The lowest BCUT2D eigenvalue weighted by Crippen LogP contribution is -2.52. The molecule has 35 heavy (non-hydrogen) atoms. The summed E-state index contributed by atoms with van der Waals surface area (Å²) in [4.78, 5) is 39.8. The number of ether oxygens (including phenoxy) is 1. The number of benzene rings is 1. The van der Waals surface area contributed by atoms with Gasteiger partial charge in [0.2, 0.25) is 5.91 Å². The number of rotatable bonds is 3. The summed E-state index contributed by atoms with van der Waals surface area (Å²) in [5, 5.41) is 12.6. The number of nitrogens with zero attached hydrogens (tertiary/aromatic N) is 5. The van der Waals surface area contributed by atoms with E-state index in [1.54, 1.807) is 28.8 Å². The molecule has 2 N–H and O–H groups in total. The largest absolute Gasteiger partial charge is 0.453 e. The molecule has 1 aromatic carbocycles. The minimum atomic E-state index is -0.333. The quantitative estimate of drug-likeness (QED) is 0.452. The number of carbonyl (C=O) groups excluding carboxylic acids is 2. The molecule has 6 rings (SSSR count). The number of thiophene rings is 1. The van der Waals surface area contributed by atoms with E-state index in [1.165, 1.54) is 17.6 Å². The molecule has 4 aromatic rings. The van der Waals surface area contributed by atoms with Crippen LogP contribution in [0.3, 0.4) is 0 Å². The summed E-state index contributed by atoms with van der Waals surface area (Å²) in [5.74, 6) is 0.919. The number of aromatic amines is 1. The van der Waals surface area contributed by atoms with E-state index in [2.05, 4.69) is 25.5 Å². The standard InChI is InChI=1S/C24H25N7O3S/c1-34-24(33)31-8-6-30(7-9-31)23(32)14-2-4-17-19(11-14)35-22-20(17)21(25-13-26-22)28-16-3-5-18-15(10-16)12-27-29-18/h3,5,10,12-14H,2,4,6-9,11H2,1H3,(H,27,29)(H,25,26,28). The Balaban J connectivity index is 1.20. The minimum absolute atomic E-state index is 0.0481. The fraction of sp³-hybridized carbons (Fsp3) is 0.375. The van der Waals surface area contributed by atoms with Crippen LogP contribution in [-0.4, -0.2) is 75.3 Å². The van der Waals surface area contributed by atoms with E-state index < -0.39 is 0 Å². The highest BCUT2D eigenvalue weighted by molar-refractivity contribution is 7.19. The highest BCUT2D eigenvalue weighted by Gasteiger charge is 2.33. The van der Waals surface area contributed by atoms with Gasteiger partial charge in [-0.3, -0.25) is 9.89 Å². The summed E-state index contributed by atoms with van der Waals surface area (Å²) in [6.45, 7) is 2.11. The van der Waals surface area contributed by atoms with Crippen LogP contribution in [0.1, 0.15) is 16.9 Å². The molecule has 1 aliphatic heterocycles. The maximum Gasteiger partial charge on any atom is 0.409 e. The normalized spacial score (nSPS) is 18.0. The molecule has 11 heteroatoms. The molecule has 2 amide bonds. The molecule has 2 aliphatic rings. The van der Waals surface area contributed by atoms with Crippen molar-refractivity contribution < 1.29 is 14.3 Å². The van der Waals surface area contributed by atoms with Gasteiger partial charge in [0.15, 0.2) is 0 Å². The Morgan fingerprint density at radius 1 is 1.17 bits per heavy atom. The van der Waals surface area contributed by atoms with Crippen molar-refractivity contribution in [2.45, 2.75) is 19.3 Å². The molecule has 1 aliphatic carbocycles. The average molecular weight is 492 g/mol. The zero-order valence-corrected chi connectivity index (χ0v) is 20.1. The van der Waals surface area contributed by atoms with Crippen molar-refractivity contribution in [2.24, 2.45) is 5.92 Å². The number of methoxy groups -OCH3 is 1. The summed E-state index contributed by atoms with van der Waals surface area (Å²) in [5.41, 5.74) is 3.17. The maximum absolute atomic E-state index is 13.3. The highest BCUT2D eigenvalue weighted by atomic mass is 32.1. The lowest BCUT2D eigenvalue weighted by atomic mass is 9.86. The average Bonchev–Trinajstić information content (AvgIpc) is 3.52. The number of fused-ring (bicyclic) bond motifs is 4. The van der Waals surface area contributed by atoms with Gasteiger partial charge in [0.25, 0.3) is 0 Å². The predicted molar refractivity (Wildman–Crippen MR) is 133 cm³/mol. The van der Waals surface area contributed by atoms with Crippen LogP contribution >= 0.6 is 11.3 Å². The second-order valence-electron chi connectivity index (χ2n) is 8.93. The first kappa shape index (κ1) is 21.8. The van der Waals surface area contributed by atoms with Crippen LogP contribution in [0.15, 0.2) is 30.7 Å². The van der Waals surface area contributed by atoms with Gasteiger partial charge in [-0.1, -0.05) is 0 Å². The molecule has 1 fully saturated rings. The highest BCUT2D eigenvalue weighted by Crippen LogP contribution is 2.41. The topological polar surface area (TPSA) is 116 Å². The Kier molecular flexibility index (Phi) is 5.48. The van der Waals surface area contributed by atoms with E-state index >= 15 is 0 Å². The fourth-order valence-electron chi connectivity index (χ4n) is 5.07. The Morgan fingerprint density at radius 3 is 2.83 bits per heavy atom. The van der Waals surface area contributed by atoms with Gasteiger partial charge >= 0.3 is 6.09 Å². The van der Waals surface area contributed by atoms with Crippen molar-refractivity contribution in [3.05, 3.63) is 41.2 Å². The van der Waals surface area contributed by atoms with E-state index in [0.717, 1.165) is 45.5 Å². The van der Waals surface area contributed by atoms with Gasteiger partial charge in [-0.2, -0.15) is 5.10 Å². The predicted octanol–water partition coefficient (Wildman–Crippen LogP) is 3.33. The summed E-state index contributed by atoms with van der Waals surface area (Å²) < 4.78 is 4.80. The van der Waals surface area contributed by atoms with Crippen molar-refractivity contribution in [1.29, 1.82) is 0 Å². The smallest absolute Gasteiger partial charge is 0.409 e. The van der Waals surface area contributed by atoms with Crippen LogP contribution in [0.2, 0.25) is 0 Å². The second kappa shape index (κ2) is 8.81. The molecule has 180 valence electrons. The summed E-state index contributed by atoms with van der Waals surface area (Å²) in [6.07, 6.45) is 5.38. The van der Waals surface area contributed by atoms with E-state index in [-0.39, 0.29) is 17.9 Å². The number of nitrogens with one attached hydrogen (secondary N) is 2. The summed E-state index contributed by atoms with van der Waals surface area (Å²) >= 11 is 1.66. The number of amides is 2. The zero-order valence-electron chi connectivity index (χ0n) is 19.3. The zero-order chi connectivity index (χ0) is 23.9. The SMILES string of the molecule is COC(=O)N1CCN(C(=O)C2CCc3c(sc4ncnc(Nc5ccc6[nH]ncc6c5)c34)C2)CC1. The van der Waals surface area contributed by atoms with Crippen molar-refractivity contribution in [3.63, 3.8) is 0 Å². The van der Waals surface area contributed by atoms with Crippen LogP contribution in [0.4, 0.5) is 16.3 Å². The summed E-state index contributed by atoms with van der Waals surface area (Å²) in [7, 11) is 1.38. The fourth-order valence-corrected chi connectivity index (χ4v) is 6.34. The Morgan fingerprint density at radius 2 is 2.00 bits per heavy atom. The molecule has 10 nitrogen and oxygen atoms in total. The Labute approximate surface area is 205 Å². The van der Waals surface area contributed by atoms with Crippen molar-refractivity contribution in [1.82, 2.24) is 30.0 Å². The maximum atomic E-state index is 13.3. The molecule has 0 bridgehead atoms. The molecule has 1 saturated heterocycles. The Hall–Kier alpha value is -3.73. The molecule has 3 aromatic heterocycles. The van der Waals surface area contributed by atoms with Gasteiger partial charge in [-0.05, 0) is 43.0 Å². The van der Waals surface area contributed by atoms with Gasteiger partial charge in [0.05, 0.1) is 24.2 Å². The number of piperazine rings is 1. The molecule has 0 radical (unpaired) electrons. The number of carbonyl (C=O) groups is 2. The van der Waals surface area contributed by atoms with Crippen LogP contribution < -0.4 is 5.32 Å². The lowest BCUT2D eigenvalue weighted by Gasteiger charge is -2.36. The summed E-state index contributed by atoms with van der Waals surface area (Å²) in [6, 6.07) is 6.04. The van der Waals surface area contributed by atoms with Gasteiger partial charge in [0.1, 0.15) is 17.0 Å². The van der Waals surface area contributed by atoms with Gasteiger partial charge in [-0.25, -0.2) is 14.8 Å². The van der Waals surface area contributed by atoms with Crippen molar-refractivity contribution >= 4 is 56.0 Å². The molecule has 1 unspecified atom stereocenters. The van der Waals surface area contributed by atoms with Crippen molar-refractivity contribution in [3.8, 4) is 0 Å². The molecule has 1 atom stereocenters. The first-order chi connectivity index (χ1) is 17.1. The third-order valence-corrected chi connectivity index (χ3v) is 8.08. The number of H-pyrrole nitrogens is 1. The van der Waals surface area contributed by atoms with E-state index in [1.807, 2.05) is 23.1 Å². The van der Waals surface area contributed by atoms with Crippen LogP contribution in [0, 0.1) is 5.92 Å². The Bertz CT molecular complexity index is 1420. The molecule has 0 spiro atoms. The van der Waals surface area contributed by atoms with E-state index in [4.69, 9.17) is 4.74 Å². The molecular formula is C24H25N7O3S. The first-order valence-corrected chi connectivity index (χ1v) is 12.5. The number of aromatic nitrogens is 4. The van der Waals surface area contributed by atoms with Crippen LogP contribution in [0.25, 0.3) is 21.1 Å². The molecule has 0 saturated carbocycles. The van der Waals surface area contributed by atoms with E-state index in [9.17, 15) is 9.59 Å². The van der Waals surface area contributed by atoms with Crippen LogP contribution in [-0.2, 0) is 22.4 Å². The molecule has 4 heterocycles. The third-order valence-electron chi connectivity index (χ3n) is 6.92. The third kappa shape index (κ3) is 3.95. The van der Waals surface area contributed by atoms with Crippen molar-refractivity contribution in [2.75, 3.05) is 38.6 Å². The van der Waals surface area contributed by atoms with E-state index in [0.29, 0.717) is 32.6 Å². The van der Waals surface area contributed by atoms with Crippen LogP contribution in [0.5, 0.6) is 0 Å². The second-order valence-corrected chi connectivity index (χ2v) is 10.0. The number of hydrogen-bond acceptors (Lipinski definition) is 8. The molecular weight excluding hydrogens is 466 g/mol. The van der Waals surface area contributed by atoms with Gasteiger partial charge in [-0.15, -0.1) is 11.3 Å². The number of hydrogen-bond donors (Lipinski definition) is 2.